The molecule has 0 atom stereocenters. The van der Waals surface area contributed by atoms with Gasteiger partial charge in [0, 0.05) is 16.4 Å². The van der Waals surface area contributed by atoms with Gasteiger partial charge in [-0.2, -0.15) is 0 Å². The topological polar surface area (TPSA) is 114 Å². The van der Waals surface area contributed by atoms with Crippen LogP contribution >= 0.6 is 0 Å². The molecule has 0 bridgehead atoms. The van der Waals surface area contributed by atoms with Crippen LogP contribution in [0.4, 0.5) is 0 Å². The van der Waals surface area contributed by atoms with E-state index in [0.29, 0.717) is 48.0 Å². The maximum Gasteiger partial charge on any atom is 0.261 e. The molecular weight excluding hydrogens is 392 g/mol. The van der Waals surface area contributed by atoms with E-state index >= 15 is 0 Å². The van der Waals surface area contributed by atoms with E-state index in [4.69, 9.17) is 19.4 Å². The molecule has 0 fully saturated rings. The van der Waals surface area contributed by atoms with Crippen LogP contribution < -0.4 is 15.9 Å². The van der Waals surface area contributed by atoms with E-state index in [1.165, 1.54) is 11.6 Å². The van der Waals surface area contributed by atoms with Crippen LogP contribution in [-0.2, 0) is 23.8 Å². The highest BCUT2D eigenvalue weighted by Gasteiger charge is 2.30. The van der Waals surface area contributed by atoms with Crippen LogP contribution in [-0.4, -0.2) is 74.0 Å². The Kier molecular flexibility index (Phi) is 9.36. The molecule has 1 aromatic carbocycles. The van der Waals surface area contributed by atoms with Gasteiger partial charge in [-0.15, -0.1) is 0 Å². The standard InChI is InChI=1S/C21H26N2O7/c1-3-16-19-15(2)5-4-6-17(19)21(26)23(20(16)25)8-10-29-12-14-30-13-11-28-9-7-18(24)22-27/h3-6,27H,1-2,7-14H2,(H,22,24). The van der Waals surface area contributed by atoms with E-state index in [1.807, 2.05) is 0 Å². The first-order valence-electron chi connectivity index (χ1n) is 9.48. The lowest BCUT2D eigenvalue weighted by atomic mass is 9.98. The van der Waals surface area contributed by atoms with Gasteiger partial charge in [-0.1, -0.05) is 31.4 Å². The third-order valence-corrected chi connectivity index (χ3v) is 4.38. The van der Waals surface area contributed by atoms with E-state index < -0.39 is 11.8 Å². The molecule has 1 heterocycles. The summed E-state index contributed by atoms with van der Waals surface area (Å²) in [6.45, 7) is 9.32. The summed E-state index contributed by atoms with van der Waals surface area (Å²) in [7, 11) is 0. The zero-order valence-corrected chi connectivity index (χ0v) is 16.7. The molecule has 30 heavy (non-hydrogen) atoms. The SMILES string of the molecule is C=CC1=c2c(cccc2=C)C(=O)N(CCOCCOCCOCCC(=O)NO)C1=O. The van der Waals surface area contributed by atoms with Gasteiger partial charge in [-0.05, 0) is 11.3 Å². The van der Waals surface area contributed by atoms with Gasteiger partial charge in [0.2, 0.25) is 5.91 Å². The second-order valence-corrected chi connectivity index (χ2v) is 6.34. The summed E-state index contributed by atoms with van der Waals surface area (Å²) in [5, 5.41) is 9.47. The van der Waals surface area contributed by atoms with Crippen molar-refractivity contribution in [3.63, 3.8) is 0 Å². The summed E-state index contributed by atoms with van der Waals surface area (Å²) in [4.78, 5) is 37.3. The zero-order valence-electron chi connectivity index (χ0n) is 16.7. The van der Waals surface area contributed by atoms with Crippen LogP contribution in [0.3, 0.4) is 0 Å². The van der Waals surface area contributed by atoms with Gasteiger partial charge in [0.25, 0.3) is 11.8 Å². The smallest absolute Gasteiger partial charge is 0.261 e. The summed E-state index contributed by atoms with van der Waals surface area (Å²) in [6.07, 6.45) is 1.52. The summed E-state index contributed by atoms with van der Waals surface area (Å²) in [5.41, 5.74) is 2.30. The van der Waals surface area contributed by atoms with E-state index in [-0.39, 0.29) is 32.1 Å². The number of fused-ring (bicyclic) bond motifs is 1. The fourth-order valence-electron chi connectivity index (χ4n) is 2.90. The summed E-state index contributed by atoms with van der Waals surface area (Å²) in [5.74, 6) is -1.30. The Morgan fingerprint density at radius 3 is 2.30 bits per heavy atom. The second kappa shape index (κ2) is 12.0. The molecule has 9 heteroatoms. The highest BCUT2D eigenvalue weighted by Crippen LogP contribution is 2.12. The van der Waals surface area contributed by atoms with Crippen molar-refractivity contribution in [1.82, 2.24) is 10.4 Å². The van der Waals surface area contributed by atoms with E-state index in [9.17, 15) is 14.4 Å². The number of hydrogen-bond donors (Lipinski definition) is 2. The van der Waals surface area contributed by atoms with Crippen LogP contribution in [0.15, 0.2) is 30.9 Å². The Balaban J connectivity index is 1.69. The van der Waals surface area contributed by atoms with Crippen molar-refractivity contribution < 1.29 is 33.8 Å². The van der Waals surface area contributed by atoms with Crippen LogP contribution in [0.2, 0.25) is 0 Å². The number of carbonyl (C=O) groups excluding carboxylic acids is 3. The number of nitrogens with one attached hydrogen (secondary N) is 1. The number of nitrogens with zero attached hydrogens (tertiary/aromatic N) is 1. The van der Waals surface area contributed by atoms with Crippen molar-refractivity contribution in [2.45, 2.75) is 6.42 Å². The van der Waals surface area contributed by atoms with Gasteiger partial charge < -0.3 is 14.2 Å². The van der Waals surface area contributed by atoms with Crippen molar-refractivity contribution in [2.75, 3.05) is 46.2 Å². The van der Waals surface area contributed by atoms with Gasteiger partial charge in [0.05, 0.1) is 52.6 Å². The molecule has 1 aliphatic rings. The molecule has 0 aliphatic carbocycles. The Morgan fingerprint density at radius 2 is 1.67 bits per heavy atom. The molecule has 9 nitrogen and oxygen atoms in total. The maximum atomic E-state index is 12.7. The molecule has 2 rings (SSSR count). The first kappa shape index (κ1) is 23.4. The molecule has 0 unspecified atom stereocenters. The van der Waals surface area contributed by atoms with Gasteiger partial charge in [0.1, 0.15) is 0 Å². The minimum absolute atomic E-state index is 0.0686. The quantitative estimate of drug-likeness (QED) is 0.190. The number of amides is 3. The van der Waals surface area contributed by atoms with Crippen LogP contribution in [0.1, 0.15) is 16.8 Å². The fourth-order valence-corrected chi connectivity index (χ4v) is 2.90. The van der Waals surface area contributed by atoms with Crippen LogP contribution in [0.5, 0.6) is 0 Å². The predicted molar refractivity (Wildman–Crippen MR) is 108 cm³/mol. The van der Waals surface area contributed by atoms with E-state index in [0.717, 1.165) is 4.90 Å². The van der Waals surface area contributed by atoms with Crippen LogP contribution in [0, 0.1) is 0 Å². The van der Waals surface area contributed by atoms with Gasteiger partial charge in [-0.3, -0.25) is 24.5 Å². The average Bonchev–Trinajstić information content (AvgIpc) is 2.74. The fraction of sp³-hybridized carbons (Fsp3) is 0.381. The lowest BCUT2D eigenvalue weighted by Crippen LogP contribution is -2.50. The summed E-state index contributed by atoms with van der Waals surface area (Å²) < 4.78 is 15.9. The number of hydrogen-bond acceptors (Lipinski definition) is 7. The third-order valence-electron chi connectivity index (χ3n) is 4.38. The highest BCUT2D eigenvalue weighted by molar-refractivity contribution is 6.26. The van der Waals surface area contributed by atoms with Gasteiger partial charge in [0.15, 0.2) is 0 Å². The Labute approximate surface area is 174 Å². The largest absolute Gasteiger partial charge is 0.379 e. The first-order chi connectivity index (χ1) is 14.5. The predicted octanol–water partition coefficient (Wildman–Crippen LogP) is -0.639. The normalized spacial score (nSPS) is 13.4. The molecule has 2 N–H and O–H groups in total. The molecule has 0 saturated heterocycles. The lowest BCUT2D eigenvalue weighted by Gasteiger charge is -2.25. The van der Waals surface area contributed by atoms with E-state index in [1.54, 1.807) is 18.2 Å². The number of hydroxylamine groups is 1. The number of ether oxygens (including phenoxy) is 3. The van der Waals surface area contributed by atoms with Crippen molar-refractivity contribution in [3.8, 4) is 0 Å². The zero-order chi connectivity index (χ0) is 21.9. The lowest BCUT2D eigenvalue weighted by molar-refractivity contribution is -0.130. The molecule has 0 saturated carbocycles. The number of rotatable bonds is 13. The minimum Gasteiger partial charge on any atom is -0.379 e. The molecule has 162 valence electrons. The monoisotopic (exact) mass is 418 g/mol. The van der Waals surface area contributed by atoms with Crippen molar-refractivity contribution in [1.29, 1.82) is 0 Å². The molecule has 1 aromatic rings. The Hall–Kier alpha value is -2.85. The first-order valence-corrected chi connectivity index (χ1v) is 9.48. The molecular formula is C21H26N2O7. The summed E-state index contributed by atoms with van der Waals surface area (Å²) in [6, 6.07) is 5.15. The average molecular weight is 418 g/mol. The molecule has 3 amide bonds. The van der Waals surface area contributed by atoms with E-state index in [2.05, 4.69) is 13.2 Å². The van der Waals surface area contributed by atoms with Gasteiger partial charge >= 0.3 is 0 Å². The molecule has 0 spiro atoms. The summed E-state index contributed by atoms with van der Waals surface area (Å²) >= 11 is 0. The highest BCUT2D eigenvalue weighted by atomic mass is 16.5. The minimum atomic E-state index is -0.511. The molecule has 1 aliphatic heterocycles. The van der Waals surface area contributed by atoms with Crippen molar-refractivity contribution in [3.05, 3.63) is 46.9 Å². The Morgan fingerprint density at radius 1 is 1.03 bits per heavy atom. The maximum absolute atomic E-state index is 12.7. The van der Waals surface area contributed by atoms with Crippen LogP contribution in [0.25, 0.3) is 12.2 Å². The molecule has 0 radical (unpaired) electrons. The second-order valence-electron chi connectivity index (χ2n) is 6.34. The number of benzene rings is 1. The molecule has 0 aromatic heterocycles. The van der Waals surface area contributed by atoms with Gasteiger partial charge in [-0.25, -0.2) is 5.48 Å². The van der Waals surface area contributed by atoms with Crippen molar-refractivity contribution >= 4 is 29.9 Å². The number of imide groups is 1. The number of carbonyl (C=O) groups is 3. The van der Waals surface area contributed by atoms with Crippen molar-refractivity contribution in [2.24, 2.45) is 0 Å². The third kappa shape index (κ3) is 6.07. The Bertz CT molecular complexity index is 897.